The molecule has 2 N–H and O–H groups in total. The highest BCUT2D eigenvalue weighted by Gasteiger charge is 2.21. The lowest BCUT2D eigenvalue weighted by Gasteiger charge is -2.31. The van der Waals surface area contributed by atoms with Gasteiger partial charge in [0.2, 0.25) is 0 Å². The van der Waals surface area contributed by atoms with E-state index >= 15 is 0 Å². The fourth-order valence-electron chi connectivity index (χ4n) is 3.21. The number of carbonyl (C=O) groups excluding carboxylic acids is 2. The number of ketones is 1. The van der Waals surface area contributed by atoms with Gasteiger partial charge in [0, 0.05) is 36.1 Å². The Kier molecular flexibility index (Phi) is 6.19. The van der Waals surface area contributed by atoms with Crippen LogP contribution in [0.3, 0.4) is 0 Å². The summed E-state index contributed by atoms with van der Waals surface area (Å²) in [5, 5.41) is 12.1. The number of aliphatic hydroxyl groups is 1. The van der Waals surface area contributed by atoms with Crippen LogP contribution in [0.15, 0.2) is 36.4 Å². The van der Waals surface area contributed by atoms with Gasteiger partial charge >= 0.3 is 0 Å². The van der Waals surface area contributed by atoms with E-state index in [4.69, 9.17) is 5.11 Å². The highest BCUT2D eigenvalue weighted by atomic mass is 32.1. The molecule has 0 radical (unpaired) electrons. The number of Topliss-reactive ketones (excluding diaryl/α,β-unsaturated/α-hetero) is 1. The van der Waals surface area contributed by atoms with E-state index in [1.807, 2.05) is 36.4 Å². The number of aliphatic hydroxyl groups excluding tert-OH is 1. The van der Waals surface area contributed by atoms with Gasteiger partial charge in [-0.05, 0) is 49.6 Å². The van der Waals surface area contributed by atoms with E-state index in [1.54, 1.807) is 6.92 Å². The van der Waals surface area contributed by atoms with E-state index in [2.05, 4.69) is 10.2 Å². The molecular formula is C20H24N2O3S. The van der Waals surface area contributed by atoms with Crippen LogP contribution in [-0.4, -0.2) is 54.0 Å². The number of benzene rings is 1. The highest BCUT2D eigenvalue weighted by molar-refractivity contribution is 7.17. The van der Waals surface area contributed by atoms with Crippen LogP contribution in [0.25, 0.3) is 10.4 Å². The van der Waals surface area contributed by atoms with Gasteiger partial charge in [0.25, 0.3) is 5.91 Å². The minimum absolute atomic E-state index is 0.0580. The first-order chi connectivity index (χ1) is 12.6. The van der Waals surface area contributed by atoms with Gasteiger partial charge in [-0.3, -0.25) is 9.59 Å². The zero-order chi connectivity index (χ0) is 18.5. The average molecular weight is 372 g/mol. The van der Waals surface area contributed by atoms with E-state index in [1.165, 1.54) is 11.3 Å². The van der Waals surface area contributed by atoms with Crippen LogP contribution in [0.1, 0.15) is 39.8 Å². The molecule has 2 aromatic rings. The molecule has 0 spiro atoms. The van der Waals surface area contributed by atoms with E-state index in [9.17, 15) is 9.59 Å². The van der Waals surface area contributed by atoms with Crippen LogP contribution in [0, 0.1) is 0 Å². The van der Waals surface area contributed by atoms with Crippen LogP contribution in [0.2, 0.25) is 0 Å². The molecule has 0 aliphatic carbocycles. The summed E-state index contributed by atoms with van der Waals surface area (Å²) in [5.74, 6) is -0.00139. The lowest BCUT2D eigenvalue weighted by molar-refractivity contribution is 0.0902. The quantitative estimate of drug-likeness (QED) is 0.765. The second-order valence-corrected chi connectivity index (χ2v) is 7.70. The van der Waals surface area contributed by atoms with E-state index in [-0.39, 0.29) is 24.3 Å². The number of amides is 1. The first kappa shape index (κ1) is 18.8. The third kappa shape index (κ3) is 4.58. The number of carbonyl (C=O) groups is 2. The molecule has 1 aliphatic heterocycles. The Morgan fingerprint density at radius 1 is 1.23 bits per heavy atom. The largest absolute Gasteiger partial charge is 0.395 e. The van der Waals surface area contributed by atoms with Crippen molar-refractivity contribution in [1.82, 2.24) is 10.2 Å². The van der Waals surface area contributed by atoms with Crippen molar-refractivity contribution in [1.29, 1.82) is 0 Å². The van der Waals surface area contributed by atoms with Gasteiger partial charge in [-0.2, -0.15) is 0 Å². The third-order valence-electron chi connectivity index (χ3n) is 4.70. The fourth-order valence-corrected chi connectivity index (χ4v) is 4.10. The minimum atomic E-state index is -0.0594. The first-order valence-corrected chi connectivity index (χ1v) is 9.74. The average Bonchev–Trinajstić information content (AvgIpc) is 3.14. The lowest BCUT2D eigenvalue weighted by Crippen LogP contribution is -2.45. The SMILES string of the molecule is CC(=O)c1ccc(-c2cccc(C(=O)NC3CCN(CCO)CC3)c2)s1. The molecule has 1 amide bonds. The van der Waals surface area contributed by atoms with Gasteiger partial charge in [-0.15, -0.1) is 11.3 Å². The number of thiophene rings is 1. The maximum atomic E-state index is 12.6. The summed E-state index contributed by atoms with van der Waals surface area (Å²) in [6, 6.07) is 11.5. The van der Waals surface area contributed by atoms with Crippen molar-refractivity contribution in [3.63, 3.8) is 0 Å². The smallest absolute Gasteiger partial charge is 0.251 e. The predicted octanol–water partition coefficient (Wildman–Crippen LogP) is 2.80. The van der Waals surface area contributed by atoms with Gasteiger partial charge in [0.05, 0.1) is 11.5 Å². The molecule has 0 saturated carbocycles. The van der Waals surface area contributed by atoms with Gasteiger partial charge in [-0.1, -0.05) is 12.1 Å². The molecule has 0 atom stereocenters. The summed E-state index contributed by atoms with van der Waals surface area (Å²) < 4.78 is 0. The number of β-amino-alcohol motifs (C(OH)–C–C–N with tert-alkyl or cyclic N) is 1. The van der Waals surface area contributed by atoms with Crippen LogP contribution >= 0.6 is 11.3 Å². The van der Waals surface area contributed by atoms with Crippen molar-refractivity contribution < 1.29 is 14.7 Å². The van der Waals surface area contributed by atoms with Crippen LogP contribution < -0.4 is 5.32 Å². The zero-order valence-corrected chi connectivity index (χ0v) is 15.7. The highest BCUT2D eigenvalue weighted by Crippen LogP contribution is 2.29. The molecule has 1 aromatic carbocycles. The Morgan fingerprint density at radius 3 is 2.65 bits per heavy atom. The lowest BCUT2D eigenvalue weighted by atomic mass is 10.0. The number of likely N-dealkylation sites (tertiary alicyclic amines) is 1. The molecule has 5 nitrogen and oxygen atoms in total. The van der Waals surface area contributed by atoms with Gasteiger partial charge < -0.3 is 15.3 Å². The molecule has 138 valence electrons. The molecule has 1 aromatic heterocycles. The predicted molar refractivity (Wildman–Crippen MR) is 104 cm³/mol. The summed E-state index contributed by atoms with van der Waals surface area (Å²) in [6.45, 7) is 4.23. The zero-order valence-electron chi connectivity index (χ0n) is 14.9. The topological polar surface area (TPSA) is 69.6 Å². The van der Waals surface area contributed by atoms with Crippen molar-refractivity contribution in [2.24, 2.45) is 0 Å². The van der Waals surface area contributed by atoms with Crippen molar-refractivity contribution in [3.8, 4) is 10.4 Å². The van der Waals surface area contributed by atoms with Crippen LogP contribution in [0.5, 0.6) is 0 Å². The number of piperidine rings is 1. The number of hydrogen-bond donors (Lipinski definition) is 2. The normalized spacial score (nSPS) is 15.8. The van der Waals surface area contributed by atoms with Gasteiger partial charge in [0.1, 0.15) is 0 Å². The van der Waals surface area contributed by atoms with Crippen molar-refractivity contribution in [3.05, 3.63) is 46.8 Å². The van der Waals surface area contributed by atoms with Crippen molar-refractivity contribution in [2.75, 3.05) is 26.2 Å². The molecule has 1 fully saturated rings. The van der Waals surface area contributed by atoms with Crippen LogP contribution in [-0.2, 0) is 0 Å². The monoisotopic (exact) mass is 372 g/mol. The summed E-state index contributed by atoms with van der Waals surface area (Å²) in [5.41, 5.74) is 1.59. The third-order valence-corrected chi connectivity index (χ3v) is 5.94. The molecule has 0 unspecified atom stereocenters. The summed E-state index contributed by atoms with van der Waals surface area (Å²) in [6.07, 6.45) is 1.80. The summed E-state index contributed by atoms with van der Waals surface area (Å²) in [7, 11) is 0. The first-order valence-electron chi connectivity index (χ1n) is 8.92. The maximum Gasteiger partial charge on any atom is 0.251 e. The van der Waals surface area contributed by atoms with E-state index in [0.29, 0.717) is 12.1 Å². The molecule has 1 saturated heterocycles. The molecule has 6 heteroatoms. The van der Waals surface area contributed by atoms with Crippen molar-refractivity contribution >= 4 is 23.0 Å². The Labute approximate surface area is 157 Å². The minimum Gasteiger partial charge on any atom is -0.395 e. The van der Waals surface area contributed by atoms with Gasteiger partial charge in [-0.25, -0.2) is 0 Å². The fraction of sp³-hybridized carbons (Fsp3) is 0.400. The number of nitrogens with one attached hydrogen (secondary N) is 1. The number of rotatable bonds is 6. The Hall–Kier alpha value is -2.02. The van der Waals surface area contributed by atoms with Gasteiger partial charge in [0.15, 0.2) is 5.78 Å². The second kappa shape index (κ2) is 8.58. The molecular weight excluding hydrogens is 348 g/mol. The maximum absolute atomic E-state index is 12.6. The van der Waals surface area contributed by atoms with E-state index < -0.39 is 0 Å². The molecule has 2 heterocycles. The summed E-state index contributed by atoms with van der Waals surface area (Å²) >= 11 is 1.45. The Morgan fingerprint density at radius 2 is 2.00 bits per heavy atom. The van der Waals surface area contributed by atoms with E-state index in [0.717, 1.165) is 41.2 Å². The Balaban J connectivity index is 1.64. The number of hydrogen-bond acceptors (Lipinski definition) is 5. The summed E-state index contributed by atoms with van der Waals surface area (Å²) in [4.78, 5) is 28.0. The molecule has 3 rings (SSSR count). The molecule has 0 bridgehead atoms. The number of nitrogens with zero attached hydrogens (tertiary/aromatic N) is 1. The molecule has 1 aliphatic rings. The molecule has 26 heavy (non-hydrogen) atoms. The standard InChI is InChI=1S/C20H24N2O3S/c1-14(24)18-5-6-19(26-18)15-3-2-4-16(13-15)20(25)21-17-7-9-22(10-8-17)11-12-23/h2-6,13,17,23H,7-12H2,1H3,(H,21,25). The second-order valence-electron chi connectivity index (χ2n) is 6.61. The van der Waals surface area contributed by atoms with Crippen molar-refractivity contribution in [2.45, 2.75) is 25.8 Å². The van der Waals surface area contributed by atoms with Crippen LogP contribution in [0.4, 0.5) is 0 Å². The Bertz CT molecular complexity index is 779.